The largest absolute Gasteiger partial charge is 0.385 e. The van der Waals surface area contributed by atoms with Crippen molar-refractivity contribution in [1.29, 1.82) is 0 Å². The normalized spacial score (nSPS) is 11.9. The summed E-state index contributed by atoms with van der Waals surface area (Å²) in [5, 5.41) is 6.27. The van der Waals surface area contributed by atoms with Crippen LogP contribution in [0.4, 0.5) is 5.69 Å². The van der Waals surface area contributed by atoms with E-state index in [-0.39, 0.29) is 11.9 Å². The molecule has 112 valence electrons. The Balaban J connectivity index is 2.49. The predicted octanol–water partition coefficient (Wildman–Crippen LogP) is 3.60. The van der Waals surface area contributed by atoms with Crippen molar-refractivity contribution < 1.29 is 4.79 Å². The molecule has 0 saturated heterocycles. The molecule has 0 saturated carbocycles. The molecule has 0 bridgehead atoms. The Morgan fingerprint density at radius 2 is 2.10 bits per heavy atom. The highest BCUT2D eigenvalue weighted by atomic mass is 16.1. The highest BCUT2D eigenvalue weighted by Gasteiger charge is 2.11. The van der Waals surface area contributed by atoms with Crippen LogP contribution in [0.2, 0.25) is 0 Å². The van der Waals surface area contributed by atoms with Crippen LogP contribution in [0, 0.1) is 0 Å². The van der Waals surface area contributed by atoms with Gasteiger partial charge in [-0.15, -0.1) is 0 Å². The Kier molecular flexibility index (Phi) is 7.70. The summed E-state index contributed by atoms with van der Waals surface area (Å²) in [5.74, 6) is -0.0888. The van der Waals surface area contributed by atoms with Crippen LogP contribution in [0.1, 0.15) is 63.4 Å². The molecule has 0 aliphatic carbocycles. The van der Waals surface area contributed by atoms with E-state index in [1.54, 1.807) is 6.20 Å². The Hall–Kier alpha value is -1.58. The average molecular weight is 277 g/mol. The number of hydrogen-bond acceptors (Lipinski definition) is 3. The molecule has 1 atom stereocenters. The first-order valence-corrected chi connectivity index (χ1v) is 7.68. The van der Waals surface area contributed by atoms with Crippen LogP contribution in [0.25, 0.3) is 0 Å². The van der Waals surface area contributed by atoms with Crippen molar-refractivity contribution in [2.24, 2.45) is 0 Å². The van der Waals surface area contributed by atoms with Gasteiger partial charge >= 0.3 is 0 Å². The lowest BCUT2D eigenvalue weighted by molar-refractivity contribution is 0.0933. The van der Waals surface area contributed by atoms with E-state index in [2.05, 4.69) is 29.5 Å². The van der Waals surface area contributed by atoms with Crippen LogP contribution in [0.5, 0.6) is 0 Å². The molecule has 0 fully saturated rings. The average Bonchev–Trinajstić information content (AvgIpc) is 2.45. The van der Waals surface area contributed by atoms with E-state index in [1.165, 1.54) is 12.8 Å². The van der Waals surface area contributed by atoms with Crippen molar-refractivity contribution in [2.75, 3.05) is 11.9 Å². The number of rotatable bonds is 9. The summed E-state index contributed by atoms with van der Waals surface area (Å²) in [7, 11) is 0. The number of amides is 1. The fraction of sp³-hybridized carbons (Fsp3) is 0.625. The Labute approximate surface area is 122 Å². The molecule has 1 aromatic rings. The maximum atomic E-state index is 12.1. The summed E-state index contributed by atoms with van der Waals surface area (Å²) in [6.45, 7) is 7.24. The molecule has 0 aliphatic heterocycles. The maximum absolute atomic E-state index is 12.1. The smallest absolute Gasteiger partial charge is 0.270 e. The monoisotopic (exact) mass is 277 g/mol. The SMILES string of the molecule is CCCCCC(C)NC(=O)c1cc(NCCC)ccn1. The van der Waals surface area contributed by atoms with E-state index in [9.17, 15) is 4.79 Å². The van der Waals surface area contributed by atoms with Gasteiger partial charge < -0.3 is 10.6 Å². The molecule has 4 nitrogen and oxygen atoms in total. The Bertz CT molecular complexity index is 406. The molecule has 0 aromatic carbocycles. The third kappa shape index (κ3) is 6.04. The van der Waals surface area contributed by atoms with Crippen molar-refractivity contribution in [3.63, 3.8) is 0 Å². The van der Waals surface area contributed by atoms with Crippen LogP contribution < -0.4 is 10.6 Å². The molecule has 1 unspecified atom stereocenters. The number of nitrogens with zero attached hydrogens (tertiary/aromatic N) is 1. The maximum Gasteiger partial charge on any atom is 0.270 e. The minimum Gasteiger partial charge on any atom is -0.385 e. The van der Waals surface area contributed by atoms with Crippen molar-refractivity contribution >= 4 is 11.6 Å². The lowest BCUT2D eigenvalue weighted by Gasteiger charge is -2.13. The van der Waals surface area contributed by atoms with Crippen molar-refractivity contribution in [3.05, 3.63) is 24.0 Å². The van der Waals surface area contributed by atoms with E-state index < -0.39 is 0 Å². The molecule has 0 aliphatic rings. The van der Waals surface area contributed by atoms with Crippen molar-refractivity contribution in [2.45, 2.75) is 58.9 Å². The number of carbonyl (C=O) groups is 1. The lowest BCUT2D eigenvalue weighted by atomic mass is 10.1. The van der Waals surface area contributed by atoms with E-state index >= 15 is 0 Å². The zero-order chi connectivity index (χ0) is 14.8. The Morgan fingerprint density at radius 1 is 1.30 bits per heavy atom. The molecule has 1 amide bonds. The van der Waals surface area contributed by atoms with Crippen LogP contribution >= 0.6 is 0 Å². The molecule has 1 aromatic heterocycles. The highest BCUT2D eigenvalue weighted by molar-refractivity contribution is 5.93. The summed E-state index contributed by atoms with van der Waals surface area (Å²) < 4.78 is 0. The van der Waals surface area contributed by atoms with Gasteiger partial charge in [0.1, 0.15) is 5.69 Å². The van der Waals surface area contributed by atoms with Crippen molar-refractivity contribution in [1.82, 2.24) is 10.3 Å². The number of nitrogens with one attached hydrogen (secondary N) is 2. The number of pyridine rings is 1. The van der Waals surface area contributed by atoms with Crippen LogP contribution in [0.15, 0.2) is 18.3 Å². The lowest BCUT2D eigenvalue weighted by Crippen LogP contribution is -2.33. The molecule has 4 heteroatoms. The van der Waals surface area contributed by atoms with Gasteiger partial charge in [0.15, 0.2) is 0 Å². The van der Waals surface area contributed by atoms with E-state index in [4.69, 9.17) is 0 Å². The fourth-order valence-corrected chi connectivity index (χ4v) is 2.00. The van der Waals surface area contributed by atoms with Gasteiger partial charge in [-0.25, -0.2) is 0 Å². The number of unbranched alkanes of at least 4 members (excludes halogenated alkanes) is 2. The van der Waals surface area contributed by atoms with Gasteiger partial charge in [-0.2, -0.15) is 0 Å². The van der Waals surface area contributed by atoms with Crippen LogP contribution in [0.3, 0.4) is 0 Å². The second-order valence-corrected chi connectivity index (χ2v) is 5.23. The standard InChI is InChI=1S/C16H27N3O/c1-4-6-7-8-13(3)19-16(20)15-12-14(9-11-18-15)17-10-5-2/h9,11-13H,4-8,10H2,1-3H3,(H,17,18)(H,19,20). The van der Waals surface area contributed by atoms with Gasteiger partial charge in [0, 0.05) is 24.5 Å². The van der Waals surface area contributed by atoms with Crippen molar-refractivity contribution in [3.8, 4) is 0 Å². The van der Waals surface area contributed by atoms with Gasteiger partial charge in [-0.1, -0.05) is 33.1 Å². The predicted molar refractivity (Wildman–Crippen MR) is 84.1 cm³/mol. The second kappa shape index (κ2) is 9.34. The topological polar surface area (TPSA) is 54.0 Å². The van der Waals surface area contributed by atoms with Gasteiger partial charge in [0.25, 0.3) is 5.91 Å². The quantitative estimate of drug-likeness (QED) is 0.678. The van der Waals surface area contributed by atoms with Gasteiger partial charge in [0.2, 0.25) is 0 Å². The molecule has 0 spiro atoms. The summed E-state index contributed by atoms with van der Waals surface area (Å²) in [6.07, 6.45) is 7.33. The van der Waals surface area contributed by atoms with Crippen LogP contribution in [-0.2, 0) is 0 Å². The highest BCUT2D eigenvalue weighted by Crippen LogP contribution is 2.09. The third-order valence-electron chi connectivity index (χ3n) is 3.19. The van der Waals surface area contributed by atoms with E-state index in [1.807, 2.05) is 19.1 Å². The molecule has 20 heavy (non-hydrogen) atoms. The summed E-state index contributed by atoms with van der Waals surface area (Å²) in [5.41, 5.74) is 1.43. The number of carbonyl (C=O) groups excluding carboxylic acids is 1. The zero-order valence-electron chi connectivity index (χ0n) is 12.9. The first-order valence-electron chi connectivity index (χ1n) is 7.68. The number of hydrogen-bond donors (Lipinski definition) is 2. The zero-order valence-corrected chi connectivity index (χ0v) is 12.9. The molecular formula is C16H27N3O. The molecular weight excluding hydrogens is 250 g/mol. The number of aromatic nitrogens is 1. The van der Waals surface area contributed by atoms with E-state index in [0.29, 0.717) is 5.69 Å². The fourth-order valence-electron chi connectivity index (χ4n) is 2.00. The van der Waals surface area contributed by atoms with Gasteiger partial charge in [-0.05, 0) is 31.9 Å². The third-order valence-corrected chi connectivity index (χ3v) is 3.19. The minimum absolute atomic E-state index is 0.0888. The summed E-state index contributed by atoms with van der Waals surface area (Å²) >= 11 is 0. The van der Waals surface area contributed by atoms with Gasteiger partial charge in [0.05, 0.1) is 0 Å². The molecule has 1 heterocycles. The summed E-state index contributed by atoms with van der Waals surface area (Å²) in [4.78, 5) is 16.3. The Morgan fingerprint density at radius 3 is 2.80 bits per heavy atom. The minimum atomic E-state index is -0.0888. The first kappa shape index (κ1) is 16.5. The molecule has 0 radical (unpaired) electrons. The first-order chi connectivity index (χ1) is 9.67. The van der Waals surface area contributed by atoms with E-state index in [0.717, 1.165) is 31.5 Å². The molecule has 2 N–H and O–H groups in total. The van der Waals surface area contributed by atoms with Crippen LogP contribution in [-0.4, -0.2) is 23.5 Å². The van der Waals surface area contributed by atoms with Gasteiger partial charge in [-0.3, -0.25) is 9.78 Å². The second-order valence-electron chi connectivity index (χ2n) is 5.23. The number of anilines is 1. The summed E-state index contributed by atoms with van der Waals surface area (Å²) in [6, 6.07) is 3.89. The molecule has 1 rings (SSSR count).